The highest BCUT2D eigenvalue weighted by molar-refractivity contribution is 6.02. The Kier molecular flexibility index (Phi) is 5.95. The van der Waals surface area contributed by atoms with E-state index < -0.39 is 12.1 Å². The molecule has 0 saturated carbocycles. The number of carbonyl (C=O) groups is 2. The van der Waals surface area contributed by atoms with Gasteiger partial charge in [0.2, 0.25) is 0 Å². The van der Waals surface area contributed by atoms with E-state index >= 15 is 0 Å². The zero-order valence-electron chi connectivity index (χ0n) is 14.0. The first kappa shape index (κ1) is 17.5. The summed E-state index contributed by atoms with van der Waals surface area (Å²) in [6.45, 7) is 3.79. The molecule has 1 atom stereocenters. The predicted molar refractivity (Wildman–Crippen MR) is 92.3 cm³/mol. The number of rotatable bonds is 6. The van der Waals surface area contributed by atoms with E-state index in [9.17, 15) is 9.59 Å². The number of amides is 1. The number of hydrogen-bond donors (Lipinski definition) is 1. The number of aryl methyl sites for hydroxylation is 1. The highest BCUT2D eigenvalue weighted by atomic mass is 16.5. The number of benzene rings is 2. The Hall–Kier alpha value is -2.82. The van der Waals surface area contributed by atoms with Gasteiger partial charge in [-0.05, 0) is 37.1 Å². The van der Waals surface area contributed by atoms with Gasteiger partial charge >= 0.3 is 5.97 Å². The van der Waals surface area contributed by atoms with E-state index in [-0.39, 0.29) is 5.91 Å². The zero-order valence-corrected chi connectivity index (χ0v) is 14.0. The second-order valence-corrected chi connectivity index (χ2v) is 5.31. The maximum Gasteiger partial charge on any atom is 0.339 e. The summed E-state index contributed by atoms with van der Waals surface area (Å²) in [7, 11) is 1.30. The van der Waals surface area contributed by atoms with E-state index in [0.29, 0.717) is 23.4 Å². The third kappa shape index (κ3) is 4.13. The molecule has 0 bridgehead atoms. The molecule has 2 aromatic rings. The average Bonchev–Trinajstić information content (AvgIpc) is 2.60. The first-order chi connectivity index (χ1) is 11.6. The lowest BCUT2D eigenvalue weighted by molar-refractivity contribution is -0.122. The molecule has 24 heavy (non-hydrogen) atoms. The van der Waals surface area contributed by atoms with E-state index in [1.165, 1.54) is 7.11 Å². The number of anilines is 1. The molecule has 1 amide bonds. The van der Waals surface area contributed by atoms with E-state index in [1.54, 1.807) is 24.3 Å². The van der Waals surface area contributed by atoms with Crippen molar-refractivity contribution in [1.82, 2.24) is 0 Å². The van der Waals surface area contributed by atoms with Crippen LogP contribution in [-0.2, 0) is 9.53 Å². The molecule has 0 radical (unpaired) electrons. The number of esters is 1. The maximum absolute atomic E-state index is 12.5. The van der Waals surface area contributed by atoms with Crippen molar-refractivity contribution < 1.29 is 19.1 Å². The summed E-state index contributed by atoms with van der Waals surface area (Å²) in [5.74, 6) is -0.142. The Morgan fingerprint density at radius 2 is 1.75 bits per heavy atom. The molecule has 5 heteroatoms. The summed E-state index contributed by atoms with van der Waals surface area (Å²) in [6.07, 6.45) is -0.155. The van der Waals surface area contributed by atoms with Crippen molar-refractivity contribution in [3.63, 3.8) is 0 Å². The van der Waals surface area contributed by atoms with Crippen molar-refractivity contribution in [1.29, 1.82) is 0 Å². The van der Waals surface area contributed by atoms with E-state index in [2.05, 4.69) is 5.32 Å². The number of methoxy groups -OCH3 is 1. The number of nitrogens with one attached hydrogen (secondary N) is 1. The van der Waals surface area contributed by atoms with Crippen LogP contribution in [0.15, 0.2) is 48.5 Å². The Bertz CT molecular complexity index is 727. The first-order valence-electron chi connectivity index (χ1n) is 7.77. The van der Waals surface area contributed by atoms with Crippen LogP contribution in [0.1, 0.15) is 29.3 Å². The topological polar surface area (TPSA) is 64.6 Å². The fourth-order valence-electron chi connectivity index (χ4n) is 2.26. The molecule has 0 aliphatic rings. The summed E-state index contributed by atoms with van der Waals surface area (Å²) in [6, 6.07) is 14.2. The summed E-state index contributed by atoms with van der Waals surface area (Å²) in [5, 5.41) is 2.75. The lowest BCUT2D eigenvalue weighted by atomic mass is 10.1. The van der Waals surface area contributed by atoms with Crippen molar-refractivity contribution in [3.05, 3.63) is 59.7 Å². The average molecular weight is 327 g/mol. The lowest BCUT2D eigenvalue weighted by Crippen LogP contribution is -2.33. The molecule has 1 N–H and O–H groups in total. The van der Waals surface area contributed by atoms with Crippen LogP contribution < -0.4 is 10.1 Å². The minimum atomic E-state index is -0.656. The molecule has 0 fully saturated rings. The minimum absolute atomic E-state index is 0.305. The second kappa shape index (κ2) is 8.15. The van der Waals surface area contributed by atoms with Crippen LogP contribution >= 0.6 is 0 Å². The molecule has 0 aromatic heterocycles. The van der Waals surface area contributed by atoms with Crippen LogP contribution in [0.4, 0.5) is 5.69 Å². The Balaban J connectivity index is 2.16. The van der Waals surface area contributed by atoms with Crippen molar-refractivity contribution in [2.75, 3.05) is 12.4 Å². The van der Waals surface area contributed by atoms with E-state index in [0.717, 1.165) is 5.56 Å². The number of carbonyl (C=O) groups excluding carboxylic acids is 2. The normalized spacial score (nSPS) is 11.5. The highest BCUT2D eigenvalue weighted by Gasteiger charge is 2.21. The van der Waals surface area contributed by atoms with Gasteiger partial charge in [-0.1, -0.05) is 37.3 Å². The molecule has 2 aromatic carbocycles. The molecular formula is C19H21NO4. The van der Waals surface area contributed by atoms with Crippen molar-refractivity contribution in [2.24, 2.45) is 0 Å². The molecule has 0 unspecified atom stereocenters. The van der Waals surface area contributed by atoms with Gasteiger partial charge < -0.3 is 14.8 Å². The van der Waals surface area contributed by atoms with Crippen molar-refractivity contribution in [2.45, 2.75) is 26.4 Å². The van der Waals surface area contributed by atoms with Crippen LogP contribution in [0, 0.1) is 6.92 Å². The summed E-state index contributed by atoms with van der Waals surface area (Å²) in [4.78, 5) is 24.3. The van der Waals surface area contributed by atoms with E-state index in [4.69, 9.17) is 9.47 Å². The third-order valence-corrected chi connectivity index (χ3v) is 3.62. The zero-order chi connectivity index (χ0) is 17.5. The van der Waals surface area contributed by atoms with Crippen molar-refractivity contribution in [3.8, 4) is 5.75 Å². The number of ether oxygens (including phenoxy) is 2. The lowest BCUT2D eigenvalue weighted by Gasteiger charge is -2.19. The predicted octanol–water partition coefficient (Wildman–Crippen LogP) is 3.58. The first-order valence-corrected chi connectivity index (χ1v) is 7.77. The monoisotopic (exact) mass is 327 g/mol. The smallest absolute Gasteiger partial charge is 0.339 e. The summed E-state index contributed by atoms with van der Waals surface area (Å²) < 4.78 is 10.6. The molecule has 0 aliphatic heterocycles. The third-order valence-electron chi connectivity index (χ3n) is 3.62. The molecule has 0 saturated heterocycles. The molecule has 5 nitrogen and oxygen atoms in total. The Morgan fingerprint density at radius 1 is 1.08 bits per heavy atom. The van der Waals surface area contributed by atoms with Gasteiger partial charge in [0.25, 0.3) is 5.91 Å². The summed E-state index contributed by atoms with van der Waals surface area (Å²) in [5.41, 5.74) is 1.67. The molecule has 0 spiro atoms. The van der Waals surface area contributed by atoms with Gasteiger partial charge in [-0.2, -0.15) is 0 Å². The SMILES string of the molecule is CC[C@@H](Oc1ccccc1C)C(=O)Nc1ccccc1C(=O)OC. The Labute approximate surface area is 141 Å². The number of hydrogen-bond acceptors (Lipinski definition) is 4. The second-order valence-electron chi connectivity index (χ2n) is 5.31. The van der Waals surface area contributed by atoms with Gasteiger partial charge in [0, 0.05) is 0 Å². The fraction of sp³-hybridized carbons (Fsp3) is 0.263. The summed E-state index contributed by atoms with van der Waals surface area (Å²) >= 11 is 0. The van der Waals surface area contributed by atoms with Crippen LogP contribution in [0.5, 0.6) is 5.75 Å². The van der Waals surface area contributed by atoms with Gasteiger partial charge in [0.15, 0.2) is 6.10 Å². The molecular weight excluding hydrogens is 306 g/mol. The van der Waals surface area contributed by atoms with Crippen LogP contribution in [0.3, 0.4) is 0 Å². The minimum Gasteiger partial charge on any atom is -0.480 e. The van der Waals surface area contributed by atoms with Crippen LogP contribution in [0.2, 0.25) is 0 Å². The van der Waals surface area contributed by atoms with Gasteiger partial charge in [0.05, 0.1) is 18.4 Å². The fourth-order valence-corrected chi connectivity index (χ4v) is 2.26. The van der Waals surface area contributed by atoms with E-state index in [1.807, 2.05) is 38.1 Å². The quantitative estimate of drug-likeness (QED) is 0.824. The largest absolute Gasteiger partial charge is 0.480 e. The van der Waals surface area contributed by atoms with Crippen LogP contribution in [0.25, 0.3) is 0 Å². The van der Waals surface area contributed by atoms with Gasteiger partial charge in [-0.15, -0.1) is 0 Å². The standard InChI is InChI=1S/C19H21NO4/c1-4-16(24-17-12-8-5-9-13(17)2)18(21)20-15-11-7-6-10-14(15)19(22)23-3/h5-12,16H,4H2,1-3H3,(H,20,21)/t16-/m1/s1. The maximum atomic E-state index is 12.5. The molecule has 0 aliphatic carbocycles. The van der Waals surface area contributed by atoms with Gasteiger partial charge in [-0.3, -0.25) is 4.79 Å². The molecule has 0 heterocycles. The molecule has 2 rings (SSSR count). The van der Waals surface area contributed by atoms with Gasteiger partial charge in [-0.25, -0.2) is 4.79 Å². The Morgan fingerprint density at radius 3 is 2.42 bits per heavy atom. The highest BCUT2D eigenvalue weighted by Crippen LogP contribution is 2.21. The number of para-hydroxylation sites is 2. The van der Waals surface area contributed by atoms with Crippen molar-refractivity contribution >= 4 is 17.6 Å². The van der Waals surface area contributed by atoms with Crippen LogP contribution in [-0.4, -0.2) is 25.1 Å². The molecule has 126 valence electrons. The van der Waals surface area contributed by atoms with Gasteiger partial charge in [0.1, 0.15) is 5.75 Å².